The van der Waals surface area contributed by atoms with E-state index in [1.807, 2.05) is 13.8 Å². The van der Waals surface area contributed by atoms with E-state index in [1.165, 1.54) is 26.4 Å². The summed E-state index contributed by atoms with van der Waals surface area (Å²) in [6, 6.07) is 6.19. The van der Waals surface area contributed by atoms with Crippen LogP contribution in [0.1, 0.15) is 55.5 Å². The van der Waals surface area contributed by atoms with Crippen LogP contribution in [0, 0.1) is 0 Å². The molecule has 0 N–H and O–H groups in total. The number of carbonyl (C=O) groups is 3. The molecular formula is C28H28Cl4O8. The Bertz CT molecular complexity index is 1340. The first-order valence-electron chi connectivity index (χ1n) is 12.3. The molecule has 0 amide bonds. The summed E-state index contributed by atoms with van der Waals surface area (Å²) in [6.45, 7) is 3.11. The number of Topliss-reactive ketones (excluding diaryl/α,β-unsaturated/α-hetero) is 1. The molecule has 0 bridgehead atoms. The maximum Gasteiger partial charge on any atom is 0.343 e. The predicted octanol–water partition coefficient (Wildman–Crippen LogP) is 7.37. The van der Waals surface area contributed by atoms with Gasteiger partial charge in [-0.15, -0.1) is 0 Å². The van der Waals surface area contributed by atoms with Crippen LogP contribution in [-0.4, -0.2) is 50.8 Å². The molecule has 0 aliphatic carbocycles. The van der Waals surface area contributed by atoms with Crippen LogP contribution in [-0.2, 0) is 23.8 Å². The second kappa shape index (κ2) is 13.8. The first kappa shape index (κ1) is 31.9. The summed E-state index contributed by atoms with van der Waals surface area (Å²) in [4.78, 5) is 36.9. The largest absolute Gasteiger partial charge is 0.480 e. The zero-order valence-corrected chi connectivity index (χ0v) is 25.4. The number of carbonyl (C=O) groups excluding carboxylic acids is 3. The van der Waals surface area contributed by atoms with Gasteiger partial charge < -0.3 is 23.7 Å². The maximum atomic E-state index is 14.0. The Hall–Kier alpha value is -2.65. The predicted molar refractivity (Wildman–Crippen MR) is 153 cm³/mol. The van der Waals surface area contributed by atoms with Crippen molar-refractivity contribution >= 4 is 69.9 Å². The highest BCUT2D eigenvalue weighted by atomic mass is 35.5. The summed E-state index contributed by atoms with van der Waals surface area (Å²) in [5.74, 6) is -0.765. The van der Waals surface area contributed by atoms with Gasteiger partial charge in [0.1, 0.15) is 27.3 Å². The normalized spacial score (nSPS) is 16.7. The van der Waals surface area contributed by atoms with Gasteiger partial charge >= 0.3 is 11.9 Å². The quantitative estimate of drug-likeness (QED) is 0.187. The number of esters is 2. The molecule has 1 aliphatic rings. The summed E-state index contributed by atoms with van der Waals surface area (Å²) in [6.07, 6.45) is 1.93. The molecule has 0 radical (unpaired) electrons. The van der Waals surface area contributed by atoms with E-state index in [9.17, 15) is 14.4 Å². The summed E-state index contributed by atoms with van der Waals surface area (Å²) in [5, 5.41) is 0.204. The van der Waals surface area contributed by atoms with Crippen molar-refractivity contribution in [3.8, 4) is 11.5 Å². The lowest BCUT2D eigenvalue weighted by Crippen LogP contribution is -2.43. The minimum Gasteiger partial charge on any atom is -0.480 e. The molecule has 40 heavy (non-hydrogen) atoms. The number of hydrogen-bond donors (Lipinski definition) is 0. The zero-order chi connectivity index (χ0) is 29.6. The maximum absolute atomic E-state index is 14.0. The Labute approximate surface area is 252 Å². The SMILES string of the molecule is CCC1=C(c2ccc(OCC(=O)OC)c(Cl)c2Cl)OC(CC)(C(=O)c2ccc(OCC(=O)OC)c(Cl)c2Cl)CC1. The molecule has 8 nitrogen and oxygen atoms in total. The van der Waals surface area contributed by atoms with Gasteiger partial charge in [-0.2, -0.15) is 0 Å². The second-order valence-corrected chi connectivity index (χ2v) is 10.3. The number of ether oxygens (including phenoxy) is 5. The summed E-state index contributed by atoms with van der Waals surface area (Å²) in [5.41, 5.74) is 0.309. The van der Waals surface area contributed by atoms with Crippen molar-refractivity contribution < 1.29 is 38.1 Å². The Morgan fingerprint density at radius 3 is 1.90 bits per heavy atom. The van der Waals surface area contributed by atoms with E-state index in [0.717, 1.165) is 5.57 Å². The Morgan fingerprint density at radius 1 is 0.825 bits per heavy atom. The number of benzene rings is 2. The lowest BCUT2D eigenvalue weighted by atomic mass is 9.81. The third-order valence-corrected chi connectivity index (χ3v) is 8.32. The molecule has 0 saturated carbocycles. The first-order valence-corrected chi connectivity index (χ1v) is 13.9. The summed E-state index contributed by atoms with van der Waals surface area (Å²) < 4.78 is 26.5. The van der Waals surface area contributed by atoms with Crippen LogP contribution in [0.5, 0.6) is 11.5 Å². The van der Waals surface area contributed by atoms with Crippen LogP contribution in [0.25, 0.3) is 5.76 Å². The highest BCUT2D eigenvalue weighted by Gasteiger charge is 2.44. The van der Waals surface area contributed by atoms with Crippen LogP contribution >= 0.6 is 46.4 Å². The van der Waals surface area contributed by atoms with Crippen molar-refractivity contribution in [2.75, 3.05) is 27.4 Å². The zero-order valence-electron chi connectivity index (χ0n) is 22.3. The molecule has 0 fully saturated rings. The fourth-order valence-corrected chi connectivity index (χ4v) is 5.13. The molecule has 2 aromatic carbocycles. The average molecular weight is 634 g/mol. The van der Waals surface area contributed by atoms with Crippen LogP contribution in [0.2, 0.25) is 20.1 Å². The summed E-state index contributed by atoms with van der Waals surface area (Å²) in [7, 11) is 2.48. The first-order chi connectivity index (χ1) is 19.0. The van der Waals surface area contributed by atoms with Crippen LogP contribution in [0.3, 0.4) is 0 Å². The number of hydrogen-bond acceptors (Lipinski definition) is 8. The van der Waals surface area contributed by atoms with Gasteiger partial charge in [0, 0.05) is 11.1 Å². The lowest BCUT2D eigenvalue weighted by molar-refractivity contribution is -0.143. The van der Waals surface area contributed by atoms with Crippen molar-refractivity contribution in [2.45, 2.75) is 45.1 Å². The third kappa shape index (κ3) is 6.62. The van der Waals surface area contributed by atoms with Crippen molar-refractivity contribution in [1.29, 1.82) is 0 Å². The van der Waals surface area contributed by atoms with Crippen LogP contribution in [0.15, 0.2) is 29.8 Å². The van der Waals surface area contributed by atoms with Gasteiger partial charge in [0.25, 0.3) is 0 Å². The molecule has 2 aromatic rings. The van der Waals surface area contributed by atoms with E-state index in [1.54, 1.807) is 12.1 Å². The fourth-order valence-electron chi connectivity index (χ4n) is 4.21. The van der Waals surface area contributed by atoms with Crippen molar-refractivity contribution in [1.82, 2.24) is 0 Å². The van der Waals surface area contributed by atoms with E-state index >= 15 is 0 Å². The van der Waals surface area contributed by atoms with Crippen molar-refractivity contribution in [3.63, 3.8) is 0 Å². The van der Waals surface area contributed by atoms with Gasteiger partial charge in [-0.1, -0.05) is 60.3 Å². The minimum absolute atomic E-state index is 0.0131. The Morgan fingerprint density at radius 2 is 1.38 bits per heavy atom. The molecule has 12 heteroatoms. The lowest BCUT2D eigenvalue weighted by Gasteiger charge is -2.39. The molecular weight excluding hydrogens is 606 g/mol. The van der Waals surface area contributed by atoms with Gasteiger partial charge in [-0.25, -0.2) is 9.59 Å². The molecule has 1 unspecified atom stereocenters. The molecule has 3 rings (SSSR count). The molecule has 0 spiro atoms. The standard InChI is InChI=1S/C28H28Cl4O8/c1-5-15-11-12-28(6-2,27(35)17-8-10-19(25(32)23(17)30)39-14-21(34)37-4)40-26(15)16-7-9-18(24(31)22(16)29)38-13-20(33)36-3/h7-10H,5-6,11-14H2,1-4H3. The van der Waals surface area contributed by atoms with E-state index < -0.39 is 17.5 Å². The van der Waals surface area contributed by atoms with Crippen LogP contribution < -0.4 is 9.47 Å². The molecule has 216 valence electrons. The van der Waals surface area contributed by atoms with Gasteiger partial charge in [-0.3, -0.25) is 4.79 Å². The number of halogens is 4. The number of ketones is 1. The van der Waals surface area contributed by atoms with Gasteiger partial charge in [0.05, 0.1) is 24.3 Å². The van der Waals surface area contributed by atoms with E-state index in [0.29, 0.717) is 37.0 Å². The van der Waals surface area contributed by atoms with Crippen molar-refractivity contribution in [3.05, 3.63) is 61.1 Å². The third-order valence-electron chi connectivity index (χ3n) is 6.59. The number of methoxy groups -OCH3 is 2. The molecule has 0 saturated heterocycles. The minimum atomic E-state index is -1.27. The highest BCUT2D eigenvalue weighted by molar-refractivity contribution is 6.45. The fraction of sp³-hybridized carbons (Fsp3) is 0.393. The Kier molecular flexibility index (Phi) is 11.0. The molecule has 1 aliphatic heterocycles. The van der Waals surface area contributed by atoms with E-state index in [4.69, 9.17) is 60.6 Å². The van der Waals surface area contributed by atoms with Gasteiger partial charge in [0.2, 0.25) is 5.78 Å². The van der Waals surface area contributed by atoms with Crippen LogP contribution in [0.4, 0.5) is 0 Å². The smallest absolute Gasteiger partial charge is 0.343 e. The number of allylic oxidation sites excluding steroid dienone is 1. The summed E-state index contributed by atoms with van der Waals surface area (Å²) >= 11 is 26.0. The monoisotopic (exact) mass is 632 g/mol. The molecule has 1 heterocycles. The van der Waals surface area contributed by atoms with Crippen molar-refractivity contribution in [2.24, 2.45) is 0 Å². The van der Waals surface area contributed by atoms with Gasteiger partial charge in [-0.05, 0) is 55.5 Å². The highest BCUT2D eigenvalue weighted by Crippen LogP contribution is 2.47. The number of rotatable bonds is 11. The molecule has 1 atom stereocenters. The second-order valence-electron chi connectivity index (χ2n) is 8.77. The van der Waals surface area contributed by atoms with Gasteiger partial charge in [0.15, 0.2) is 18.8 Å². The van der Waals surface area contributed by atoms with E-state index in [2.05, 4.69) is 9.47 Å². The van der Waals surface area contributed by atoms with E-state index in [-0.39, 0.29) is 56.2 Å². The Balaban J connectivity index is 1.96. The molecule has 0 aromatic heterocycles. The topological polar surface area (TPSA) is 97.4 Å². The average Bonchev–Trinajstić information content (AvgIpc) is 2.97.